The van der Waals surface area contributed by atoms with Gasteiger partial charge in [0, 0.05) is 0 Å². The molecule has 2 atom stereocenters. The van der Waals surface area contributed by atoms with Crippen molar-refractivity contribution in [3.05, 3.63) is 34.9 Å². The monoisotopic (exact) mass is 298 g/mol. The molecule has 4 nitrogen and oxygen atoms in total. The number of rotatable bonds is 1. The molecule has 3 aliphatic rings. The Kier molecular flexibility index (Phi) is 2.74. The topological polar surface area (TPSA) is 52.6 Å². The molecule has 22 heavy (non-hydrogen) atoms. The molecule has 1 saturated heterocycles. The van der Waals surface area contributed by atoms with E-state index in [4.69, 9.17) is 9.47 Å². The van der Waals surface area contributed by atoms with E-state index in [1.54, 1.807) is 7.11 Å². The lowest BCUT2D eigenvalue weighted by Crippen LogP contribution is -2.36. The molecule has 0 saturated carbocycles. The fourth-order valence-electron chi connectivity index (χ4n) is 4.21. The standard InChI is InChI=1S/C18H18O4/c1-18-8-7-13-12-6-4-11(21-2)9-10(12)3-5-14(13)15(18)16(19)22-17(18)20/h4,6,9,15H,3,5,7-8H2,1-2H3/t15-,18+/m0/s1. The van der Waals surface area contributed by atoms with Crippen molar-refractivity contribution in [2.24, 2.45) is 11.3 Å². The van der Waals surface area contributed by atoms with E-state index in [9.17, 15) is 9.59 Å². The van der Waals surface area contributed by atoms with Gasteiger partial charge in [0.15, 0.2) is 0 Å². The van der Waals surface area contributed by atoms with E-state index in [1.165, 1.54) is 16.7 Å². The van der Waals surface area contributed by atoms with Gasteiger partial charge < -0.3 is 9.47 Å². The number of hydrogen-bond acceptors (Lipinski definition) is 4. The zero-order valence-corrected chi connectivity index (χ0v) is 12.8. The van der Waals surface area contributed by atoms with Gasteiger partial charge in [0.05, 0.1) is 18.4 Å². The van der Waals surface area contributed by atoms with E-state index in [2.05, 4.69) is 12.1 Å². The van der Waals surface area contributed by atoms with Crippen molar-refractivity contribution in [2.45, 2.75) is 32.6 Å². The van der Waals surface area contributed by atoms with E-state index in [-0.39, 0.29) is 17.9 Å². The number of aryl methyl sites for hydroxylation is 1. The van der Waals surface area contributed by atoms with Crippen molar-refractivity contribution in [3.63, 3.8) is 0 Å². The second-order valence-electron chi connectivity index (χ2n) is 6.59. The van der Waals surface area contributed by atoms with Crippen LogP contribution in [-0.4, -0.2) is 19.0 Å². The van der Waals surface area contributed by atoms with E-state index in [0.717, 1.165) is 30.6 Å². The highest BCUT2D eigenvalue weighted by molar-refractivity contribution is 6.02. The van der Waals surface area contributed by atoms with Gasteiger partial charge in [0.25, 0.3) is 0 Å². The molecule has 4 rings (SSSR count). The third-order valence-electron chi connectivity index (χ3n) is 5.46. The number of esters is 2. The van der Waals surface area contributed by atoms with Crippen molar-refractivity contribution >= 4 is 17.5 Å². The van der Waals surface area contributed by atoms with Crippen LogP contribution in [0, 0.1) is 11.3 Å². The molecule has 0 radical (unpaired) electrons. The van der Waals surface area contributed by atoms with Crippen LogP contribution in [0.5, 0.6) is 5.75 Å². The fraction of sp³-hybridized carbons (Fsp3) is 0.444. The summed E-state index contributed by atoms with van der Waals surface area (Å²) in [6.07, 6.45) is 3.19. The van der Waals surface area contributed by atoms with Gasteiger partial charge in [-0.2, -0.15) is 0 Å². The van der Waals surface area contributed by atoms with Gasteiger partial charge in [-0.3, -0.25) is 9.59 Å². The number of hydrogen-bond donors (Lipinski definition) is 0. The largest absolute Gasteiger partial charge is 0.497 e. The lowest BCUT2D eigenvalue weighted by atomic mass is 9.62. The highest BCUT2D eigenvalue weighted by Gasteiger charge is 2.58. The fourth-order valence-corrected chi connectivity index (χ4v) is 4.21. The summed E-state index contributed by atoms with van der Waals surface area (Å²) in [6, 6.07) is 6.11. The summed E-state index contributed by atoms with van der Waals surface area (Å²) in [5, 5.41) is 0. The van der Waals surface area contributed by atoms with E-state index < -0.39 is 5.41 Å². The van der Waals surface area contributed by atoms with Crippen LogP contribution in [0.3, 0.4) is 0 Å². The van der Waals surface area contributed by atoms with Crippen LogP contribution in [0.2, 0.25) is 0 Å². The smallest absolute Gasteiger partial charge is 0.321 e. The molecule has 1 fully saturated rings. The molecule has 4 heteroatoms. The van der Waals surface area contributed by atoms with Crippen LogP contribution in [0.25, 0.3) is 5.57 Å². The van der Waals surface area contributed by atoms with E-state index >= 15 is 0 Å². The normalized spacial score (nSPS) is 29.6. The number of methoxy groups -OCH3 is 1. The molecular weight excluding hydrogens is 280 g/mol. The lowest BCUT2D eigenvalue weighted by molar-refractivity contribution is -0.155. The second-order valence-corrected chi connectivity index (χ2v) is 6.59. The van der Waals surface area contributed by atoms with Crippen LogP contribution >= 0.6 is 0 Å². The van der Waals surface area contributed by atoms with Gasteiger partial charge in [-0.05, 0) is 61.4 Å². The third kappa shape index (κ3) is 1.64. The number of benzene rings is 1. The first-order valence-electron chi connectivity index (χ1n) is 7.70. The zero-order valence-electron chi connectivity index (χ0n) is 12.8. The molecule has 0 spiro atoms. The average molecular weight is 298 g/mol. The molecular formula is C18H18O4. The third-order valence-corrected chi connectivity index (χ3v) is 5.46. The van der Waals surface area contributed by atoms with E-state index in [1.807, 2.05) is 13.0 Å². The molecule has 2 aliphatic carbocycles. The van der Waals surface area contributed by atoms with E-state index in [0.29, 0.717) is 6.42 Å². The molecule has 114 valence electrons. The molecule has 0 amide bonds. The Labute approximate surface area is 129 Å². The maximum Gasteiger partial charge on any atom is 0.321 e. The summed E-state index contributed by atoms with van der Waals surface area (Å²) in [4.78, 5) is 24.3. The molecule has 0 N–H and O–H groups in total. The number of cyclic esters (lactones) is 2. The number of carbonyl (C=O) groups excluding carboxylic acids is 2. The molecule has 1 aromatic rings. The highest BCUT2D eigenvalue weighted by Crippen LogP contribution is 2.54. The number of carbonyl (C=O) groups is 2. The Morgan fingerprint density at radius 2 is 2.05 bits per heavy atom. The summed E-state index contributed by atoms with van der Waals surface area (Å²) in [6.45, 7) is 1.87. The maximum absolute atomic E-state index is 12.2. The molecule has 0 aromatic heterocycles. The zero-order chi connectivity index (χ0) is 15.5. The van der Waals surface area contributed by atoms with Crippen LogP contribution < -0.4 is 4.74 Å². The van der Waals surface area contributed by atoms with Gasteiger partial charge in [0.2, 0.25) is 0 Å². The predicted molar refractivity (Wildman–Crippen MR) is 80.2 cm³/mol. The maximum atomic E-state index is 12.2. The SMILES string of the molecule is COc1ccc2c(c1)CCC1=C2CC[C@@]2(C)C(=O)OC(=O)[C@H]12. The first-order valence-corrected chi connectivity index (χ1v) is 7.70. The highest BCUT2D eigenvalue weighted by atomic mass is 16.6. The average Bonchev–Trinajstić information content (AvgIpc) is 2.76. The van der Waals surface area contributed by atoms with Crippen LogP contribution in [-0.2, 0) is 20.7 Å². The van der Waals surface area contributed by atoms with Crippen molar-refractivity contribution in [1.82, 2.24) is 0 Å². The Bertz CT molecular complexity index is 731. The van der Waals surface area contributed by atoms with Gasteiger partial charge in [-0.15, -0.1) is 0 Å². The molecule has 1 aliphatic heterocycles. The molecule has 1 aromatic carbocycles. The second kappa shape index (κ2) is 4.45. The van der Waals surface area contributed by atoms with Crippen LogP contribution in [0.4, 0.5) is 0 Å². The Morgan fingerprint density at radius 3 is 2.82 bits per heavy atom. The molecule has 0 bridgehead atoms. The summed E-state index contributed by atoms with van der Waals surface area (Å²) in [7, 11) is 1.67. The predicted octanol–water partition coefficient (Wildman–Crippen LogP) is 2.89. The van der Waals surface area contributed by atoms with Gasteiger partial charge in [-0.25, -0.2) is 0 Å². The Morgan fingerprint density at radius 1 is 1.23 bits per heavy atom. The molecule has 1 heterocycles. The summed E-state index contributed by atoms with van der Waals surface area (Å²) in [5.41, 5.74) is 4.15. The van der Waals surface area contributed by atoms with Crippen LogP contribution in [0.15, 0.2) is 23.8 Å². The van der Waals surface area contributed by atoms with Gasteiger partial charge in [0.1, 0.15) is 5.75 Å². The Hall–Kier alpha value is -2.10. The van der Waals surface area contributed by atoms with Crippen LogP contribution in [0.1, 0.15) is 37.3 Å². The number of ether oxygens (including phenoxy) is 2. The minimum Gasteiger partial charge on any atom is -0.497 e. The summed E-state index contributed by atoms with van der Waals surface area (Å²) < 4.78 is 10.3. The van der Waals surface area contributed by atoms with Crippen molar-refractivity contribution < 1.29 is 19.1 Å². The quantitative estimate of drug-likeness (QED) is 0.591. The molecule has 0 unspecified atom stereocenters. The summed E-state index contributed by atoms with van der Waals surface area (Å²) in [5.74, 6) is -0.246. The number of fused-ring (bicyclic) bond motifs is 4. The van der Waals surface area contributed by atoms with Gasteiger partial charge >= 0.3 is 11.9 Å². The minimum atomic E-state index is -0.667. The van der Waals surface area contributed by atoms with Crippen molar-refractivity contribution in [1.29, 1.82) is 0 Å². The summed E-state index contributed by atoms with van der Waals surface area (Å²) >= 11 is 0. The Balaban J connectivity index is 1.85. The van der Waals surface area contributed by atoms with Crippen molar-refractivity contribution in [2.75, 3.05) is 7.11 Å². The lowest BCUT2D eigenvalue weighted by Gasteiger charge is -2.37. The first kappa shape index (κ1) is 13.6. The first-order chi connectivity index (χ1) is 10.5. The van der Waals surface area contributed by atoms with Crippen molar-refractivity contribution in [3.8, 4) is 5.75 Å². The number of allylic oxidation sites excluding steroid dienone is 1. The minimum absolute atomic E-state index is 0.352. The van der Waals surface area contributed by atoms with Gasteiger partial charge in [-0.1, -0.05) is 11.6 Å².